The molecular weight excluding hydrogens is 334 g/mol. The van der Waals surface area contributed by atoms with Crippen molar-refractivity contribution in [2.45, 2.75) is 39.2 Å². The highest BCUT2D eigenvalue weighted by Gasteiger charge is 2.48. The molecule has 2 aliphatic rings. The maximum absolute atomic E-state index is 12.8. The first-order chi connectivity index (χ1) is 12.4. The lowest BCUT2D eigenvalue weighted by atomic mass is 9.76. The van der Waals surface area contributed by atoms with Crippen molar-refractivity contribution in [1.82, 2.24) is 4.90 Å². The molecule has 6 nitrogen and oxygen atoms in total. The van der Waals surface area contributed by atoms with Crippen LogP contribution in [0.5, 0.6) is 5.75 Å². The number of aliphatic carboxylic acids is 1. The summed E-state index contributed by atoms with van der Waals surface area (Å²) in [5.41, 5.74) is -0.330. The van der Waals surface area contributed by atoms with Gasteiger partial charge in [-0.25, -0.2) is 0 Å². The van der Waals surface area contributed by atoms with Gasteiger partial charge in [0.15, 0.2) is 0 Å². The van der Waals surface area contributed by atoms with Gasteiger partial charge in [0.1, 0.15) is 12.4 Å². The Morgan fingerprint density at radius 2 is 2.23 bits per heavy atom. The van der Waals surface area contributed by atoms with E-state index in [1.165, 1.54) is 0 Å². The molecule has 3 rings (SSSR count). The van der Waals surface area contributed by atoms with E-state index in [0.29, 0.717) is 30.9 Å². The molecule has 1 aromatic carbocycles. The summed E-state index contributed by atoms with van der Waals surface area (Å²) in [7, 11) is 0. The van der Waals surface area contributed by atoms with Crippen LogP contribution in [-0.2, 0) is 9.53 Å². The van der Waals surface area contributed by atoms with Gasteiger partial charge in [0.25, 0.3) is 5.91 Å². The van der Waals surface area contributed by atoms with E-state index in [1.807, 2.05) is 19.9 Å². The average Bonchev–Trinajstić information content (AvgIpc) is 3.30. The predicted octanol–water partition coefficient (Wildman–Crippen LogP) is 2.82. The van der Waals surface area contributed by atoms with Crippen molar-refractivity contribution in [2.75, 3.05) is 26.3 Å². The Kier molecular flexibility index (Phi) is 5.51. The lowest BCUT2D eigenvalue weighted by molar-refractivity contribution is -0.150. The van der Waals surface area contributed by atoms with E-state index in [4.69, 9.17) is 9.47 Å². The highest BCUT2D eigenvalue weighted by Crippen LogP contribution is 2.38. The van der Waals surface area contributed by atoms with Crippen molar-refractivity contribution in [3.8, 4) is 5.75 Å². The number of benzene rings is 1. The van der Waals surface area contributed by atoms with Gasteiger partial charge in [-0.05, 0) is 43.4 Å². The van der Waals surface area contributed by atoms with E-state index >= 15 is 0 Å². The molecule has 0 spiro atoms. The third kappa shape index (κ3) is 3.70. The molecule has 2 unspecified atom stereocenters. The first kappa shape index (κ1) is 18.7. The molecule has 0 bridgehead atoms. The molecule has 0 aliphatic carbocycles. The van der Waals surface area contributed by atoms with Gasteiger partial charge in [-0.3, -0.25) is 9.59 Å². The minimum absolute atomic E-state index is 0.0288. The largest absolute Gasteiger partial charge is 0.491 e. The predicted molar refractivity (Wildman–Crippen MR) is 96.3 cm³/mol. The molecule has 2 atom stereocenters. The van der Waals surface area contributed by atoms with Crippen LogP contribution < -0.4 is 4.74 Å². The molecule has 0 saturated carbocycles. The van der Waals surface area contributed by atoms with Crippen LogP contribution >= 0.6 is 0 Å². The molecule has 2 fully saturated rings. The molecule has 6 heteroatoms. The number of carboxylic acids is 1. The number of ether oxygens (including phenoxy) is 2. The molecular formula is C20H27NO5. The van der Waals surface area contributed by atoms with E-state index in [0.717, 1.165) is 19.4 Å². The molecule has 142 valence electrons. The summed E-state index contributed by atoms with van der Waals surface area (Å²) in [6.45, 7) is 5.78. The molecule has 1 aromatic rings. The first-order valence-electron chi connectivity index (χ1n) is 9.29. The van der Waals surface area contributed by atoms with E-state index in [2.05, 4.69) is 0 Å². The van der Waals surface area contributed by atoms with Gasteiger partial charge < -0.3 is 19.5 Å². The second kappa shape index (κ2) is 7.66. The zero-order valence-electron chi connectivity index (χ0n) is 15.4. The standard InChI is InChI=1S/C20H27NO5/c1-14(2)20(19(23)24)8-9-21(13-20)18(22)15-5-3-6-16(11-15)26-12-17-7-4-10-25-17/h3,5-6,11,14,17H,4,7-10,12-13H2,1-2H3,(H,23,24). The Morgan fingerprint density at radius 3 is 2.85 bits per heavy atom. The number of carboxylic acid groups (broad SMARTS) is 1. The van der Waals surface area contributed by atoms with Crippen molar-refractivity contribution in [2.24, 2.45) is 11.3 Å². The van der Waals surface area contributed by atoms with Gasteiger partial charge in [-0.15, -0.1) is 0 Å². The minimum atomic E-state index is -0.858. The van der Waals surface area contributed by atoms with E-state index < -0.39 is 11.4 Å². The summed E-state index contributed by atoms with van der Waals surface area (Å²) in [5.74, 6) is -0.356. The Morgan fingerprint density at radius 1 is 1.42 bits per heavy atom. The number of hydrogen-bond acceptors (Lipinski definition) is 4. The van der Waals surface area contributed by atoms with Crippen molar-refractivity contribution < 1.29 is 24.2 Å². The van der Waals surface area contributed by atoms with Gasteiger partial charge in [0.2, 0.25) is 0 Å². The summed E-state index contributed by atoms with van der Waals surface area (Å²) < 4.78 is 11.3. The summed E-state index contributed by atoms with van der Waals surface area (Å²) in [4.78, 5) is 26.3. The number of nitrogens with zero attached hydrogens (tertiary/aromatic N) is 1. The summed E-state index contributed by atoms with van der Waals surface area (Å²) in [5, 5.41) is 9.65. The Bertz CT molecular complexity index is 668. The number of rotatable bonds is 6. The first-order valence-corrected chi connectivity index (χ1v) is 9.29. The third-order valence-electron chi connectivity index (χ3n) is 5.66. The average molecular weight is 361 g/mol. The fourth-order valence-electron chi connectivity index (χ4n) is 3.77. The van der Waals surface area contributed by atoms with Crippen molar-refractivity contribution >= 4 is 11.9 Å². The van der Waals surface area contributed by atoms with E-state index in [9.17, 15) is 14.7 Å². The van der Waals surface area contributed by atoms with Crippen LogP contribution in [0.2, 0.25) is 0 Å². The van der Waals surface area contributed by atoms with Gasteiger partial charge >= 0.3 is 5.97 Å². The zero-order valence-corrected chi connectivity index (χ0v) is 15.4. The quantitative estimate of drug-likeness (QED) is 0.843. The van der Waals surface area contributed by atoms with Gasteiger partial charge in [-0.1, -0.05) is 19.9 Å². The Hall–Kier alpha value is -2.08. The van der Waals surface area contributed by atoms with Crippen molar-refractivity contribution in [3.05, 3.63) is 29.8 Å². The molecule has 2 heterocycles. The summed E-state index contributed by atoms with van der Waals surface area (Å²) >= 11 is 0. The van der Waals surface area contributed by atoms with Crippen LogP contribution in [0, 0.1) is 11.3 Å². The molecule has 1 N–H and O–H groups in total. The van der Waals surface area contributed by atoms with Crippen LogP contribution in [0.25, 0.3) is 0 Å². The van der Waals surface area contributed by atoms with Gasteiger partial charge in [0, 0.05) is 25.3 Å². The molecule has 1 amide bonds. The Labute approximate surface area is 154 Å². The number of hydrogen-bond donors (Lipinski definition) is 1. The highest BCUT2D eigenvalue weighted by molar-refractivity contribution is 5.95. The summed E-state index contributed by atoms with van der Waals surface area (Å²) in [6, 6.07) is 7.09. The number of carbonyl (C=O) groups is 2. The monoisotopic (exact) mass is 361 g/mol. The number of carbonyl (C=O) groups excluding carboxylic acids is 1. The second-order valence-corrected chi connectivity index (χ2v) is 7.57. The number of likely N-dealkylation sites (tertiary alicyclic amines) is 1. The molecule has 2 saturated heterocycles. The maximum atomic E-state index is 12.8. The van der Waals surface area contributed by atoms with Crippen LogP contribution in [0.1, 0.15) is 43.5 Å². The molecule has 2 aliphatic heterocycles. The fraction of sp³-hybridized carbons (Fsp3) is 0.600. The molecule has 26 heavy (non-hydrogen) atoms. The van der Waals surface area contributed by atoms with Crippen molar-refractivity contribution in [3.63, 3.8) is 0 Å². The van der Waals surface area contributed by atoms with Crippen LogP contribution in [0.4, 0.5) is 0 Å². The lowest BCUT2D eigenvalue weighted by Crippen LogP contribution is -2.40. The topological polar surface area (TPSA) is 76.1 Å². The highest BCUT2D eigenvalue weighted by atomic mass is 16.5. The lowest BCUT2D eigenvalue weighted by Gasteiger charge is -2.28. The van der Waals surface area contributed by atoms with Gasteiger partial charge in [-0.2, -0.15) is 0 Å². The zero-order chi connectivity index (χ0) is 18.7. The summed E-state index contributed by atoms with van der Waals surface area (Å²) in [6.07, 6.45) is 2.66. The molecule has 0 aromatic heterocycles. The normalized spacial score (nSPS) is 25.7. The van der Waals surface area contributed by atoms with E-state index in [1.54, 1.807) is 23.1 Å². The number of amides is 1. The Balaban J connectivity index is 1.66. The second-order valence-electron chi connectivity index (χ2n) is 7.57. The minimum Gasteiger partial charge on any atom is -0.491 e. The van der Waals surface area contributed by atoms with Crippen LogP contribution in [0.3, 0.4) is 0 Å². The van der Waals surface area contributed by atoms with Crippen LogP contribution in [0.15, 0.2) is 24.3 Å². The van der Waals surface area contributed by atoms with Gasteiger partial charge in [0.05, 0.1) is 11.5 Å². The third-order valence-corrected chi connectivity index (χ3v) is 5.66. The van der Waals surface area contributed by atoms with Crippen molar-refractivity contribution in [1.29, 1.82) is 0 Å². The van der Waals surface area contributed by atoms with E-state index in [-0.39, 0.29) is 24.5 Å². The SMILES string of the molecule is CC(C)C1(C(=O)O)CCN(C(=O)c2cccc(OCC3CCCO3)c2)C1. The maximum Gasteiger partial charge on any atom is 0.311 e. The fourth-order valence-corrected chi connectivity index (χ4v) is 3.77. The smallest absolute Gasteiger partial charge is 0.311 e. The molecule has 0 radical (unpaired) electrons. The van der Waals surface area contributed by atoms with Crippen LogP contribution in [-0.4, -0.2) is 54.3 Å².